The normalized spacial score (nSPS) is 12.6. The van der Waals surface area contributed by atoms with Crippen LogP contribution in [-0.4, -0.2) is 31.0 Å². The third-order valence-electron chi connectivity index (χ3n) is 4.75. The fourth-order valence-electron chi connectivity index (χ4n) is 3.09. The van der Waals surface area contributed by atoms with Crippen LogP contribution in [0.2, 0.25) is 0 Å². The standard InChI is InChI=1S/C22H16N4O7S2/c27-22-20(35(31,32)33)13-14-12-18(34(28,29)30)10-11-19(14)21(22)26-25-17-8-6-16(7-9-17)24-23-15-4-2-1-3-5-15/h1-13,27H,(H,28,29,30)(H,31,32,33). The van der Waals surface area contributed by atoms with Crippen molar-refractivity contribution in [1.82, 2.24) is 0 Å². The second-order valence-corrected chi connectivity index (χ2v) is 9.97. The third-order valence-corrected chi connectivity index (χ3v) is 6.47. The predicted octanol–water partition coefficient (Wildman–Crippen LogP) is 5.87. The van der Waals surface area contributed by atoms with Gasteiger partial charge in [0.15, 0.2) is 5.75 Å². The minimum absolute atomic E-state index is 0.0313. The Bertz CT molecular complexity index is 1690. The molecular weight excluding hydrogens is 496 g/mol. The minimum atomic E-state index is -4.90. The van der Waals surface area contributed by atoms with E-state index in [-0.39, 0.29) is 16.5 Å². The van der Waals surface area contributed by atoms with Crippen LogP contribution in [0.15, 0.2) is 109 Å². The van der Waals surface area contributed by atoms with Gasteiger partial charge in [-0.15, -0.1) is 5.11 Å². The lowest BCUT2D eigenvalue weighted by atomic mass is 10.1. The van der Waals surface area contributed by atoms with E-state index in [0.29, 0.717) is 17.1 Å². The van der Waals surface area contributed by atoms with E-state index in [1.807, 2.05) is 18.2 Å². The highest BCUT2D eigenvalue weighted by molar-refractivity contribution is 7.86. The summed E-state index contributed by atoms with van der Waals surface area (Å²) in [6.07, 6.45) is 0. The van der Waals surface area contributed by atoms with Crippen molar-refractivity contribution in [2.24, 2.45) is 20.5 Å². The van der Waals surface area contributed by atoms with Gasteiger partial charge in [-0.25, -0.2) is 0 Å². The molecule has 0 aliphatic carbocycles. The maximum Gasteiger partial charge on any atom is 0.298 e. The van der Waals surface area contributed by atoms with Gasteiger partial charge in [0.1, 0.15) is 10.6 Å². The van der Waals surface area contributed by atoms with Crippen LogP contribution in [0, 0.1) is 0 Å². The molecule has 0 unspecified atom stereocenters. The monoisotopic (exact) mass is 512 g/mol. The van der Waals surface area contributed by atoms with Crippen LogP contribution in [0.25, 0.3) is 10.8 Å². The number of nitrogens with zero attached hydrogens (tertiary/aromatic N) is 4. The summed E-state index contributed by atoms with van der Waals surface area (Å²) < 4.78 is 65.2. The first-order chi connectivity index (χ1) is 16.5. The summed E-state index contributed by atoms with van der Waals surface area (Å²) in [7, 11) is -9.49. The van der Waals surface area contributed by atoms with Crippen molar-refractivity contribution in [3.8, 4) is 5.75 Å². The fraction of sp³-hybridized carbons (Fsp3) is 0. The van der Waals surface area contributed by atoms with Gasteiger partial charge in [-0.05, 0) is 60.0 Å². The summed E-state index contributed by atoms with van der Waals surface area (Å²) in [6.45, 7) is 0. The van der Waals surface area contributed by atoms with E-state index >= 15 is 0 Å². The molecule has 0 aliphatic rings. The summed E-state index contributed by atoms with van der Waals surface area (Å²) in [6, 6.07) is 19.6. The molecule has 0 fully saturated rings. The molecule has 35 heavy (non-hydrogen) atoms. The van der Waals surface area contributed by atoms with Gasteiger partial charge in [-0.2, -0.15) is 32.2 Å². The quantitative estimate of drug-likeness (QED) is 0.213. The molecule has 4 aromatic rings. The fourth-order valence-corrected chi connectivity index (χ4v) is 4.22. The molecule has 0 bridgehead atoms. The summed E-state index contributed by atoms with van der Waals surface area (Å²) in [5.41, 5.74) is 1.20. The Morgan fingerprint density at radius 3 is 1.69 bits per heavy atom. The van der Waals surface area contributed by atoms with Crippen molar-refractivity contribution < 1.29 is 31.0 Å². The molecule has 0 aliphatic heterocycles. The SMILES string of the molecule is O=S(=O)(O)c1ccc2c(N=Nc3ccc(N=Nc4ccccc4)cc3)c(O)c(S(=O)(=O)O)cc2c1. The molecule has 13 heteroatoms. The number of fused-ring (bicyclic) bond motifs is 1. The highest BCUT2D eigenvalue weighted by Gasteiger charge is 2.22. The van der Waals surface area contributed by atoms with E-state index in [9.17, 15) is 31.0 Å². The Kier molecular flexibility index (Phi) is 6.41. The molecule has 0 saturated heterocycles. The number of hydrogen-bond donors (Lipinski definition) is 3. The topological polar surface area (TPSA) is 178 Å². The van der Waals surface area contributed by atoms with Crippen LogP contribution in [0.5, 0.6) is 5.75 Å². The van der Waals surface area contributed by atoms with Crippen molar-refractivity contribution in [2.45, 2.75) is 9.79 Å². The zero-order valence-electron chi connectivity index (χ0n) is 17.6. The van der Waals surface area contributed by atoms with E-state index < -0.39 is 35.8 Å². The maximum absolute atomic E-state index is 11.7. The number of azo groups is 2. The molecule has 0 heterocycles. The van der Waals surface area contributed by atoms with E-state index in [2.05, 4.69) is 20.5 Å². The first kappa shape index (κ1) is 24.1. The van der Waals surface area contributed by atoms with Crippen molar-refractivity contribution in [3.05, 3.63) is 78.9 Å². The summed E-state index contributed by atoms with van der Waals surface area (Å²) in [4.78, 5) is -1.41. The van der Waals surface area contributed by atoms with E-state index in [1.54, 1.807) is 36.4 Å². The first-order valence-electron chi connectivity index (χ1n) is 9.76. The molecule has 4 rings (SSSR count). The molecule has 0 amide bonds. The van der Waals surface area contributed by atoms with E-state index in [0.717, 1.165) is 18.2 Å². The Morgan fingerprint density at radius 2 is 1.14 bits per heavy atom. The van der Waals surface area contributed by atoms with Gasteiger partial charge in [0, 0.05) is 5.39 Å². The summed E-state index contributed by atoms with van der Waals surface area (Å²) in [5, 5.41) is 26.7. The molecule has 3 N–H and O–H groups in total. The molecule has 11 nitrogen and oxygen atoms in total. The van der Waals surface area contributed by atoms with Crippen molar-refractivity contribution >= 4 is 53.8 Å². The summed E-state index contributed by atoms with van der Waals surface area (Å²) >= 11 is 0. The average molecular weight is 513 g/mol. The molecule has 4 aromatic carbocycles. The molecule has 178 valence electrons. The van der Waals surface area contributed by atoms with Crippen molar-refractivity contribution in [2.75, 3.05) is 0 Å². The zero-order valence-corrected chi connectivity index (χ0v) is 19.2. The molecular formula is C22H16N4O7S2. The Labute approximate surface area is 199 Å². The molecule has 0 spiro atoms. The average Bonchev–Trinajstić information content (AvgIpc) is 2.81. The first-order valence-corrected chi connectivity index (χ1v) is 12.6. The van der Waals surface area contributed by atoms with Crippen LogP contribution in [0.4, 0.5) is 22.7 Å². The molecule has 0 aromatic heterocycles. The number of hydrogen-bond acceptors (Lipinski definition) is 9. The molecule has 0 atom stereocenters. The smallest absolute Gasteiger partial charge is 0.298 e. The van der Waals surface area contributed by atoms with Gasteiger partial charge in [-0.3, -0.25) is 9.11 Å². The van der Waals surface area contributed by atoms with Gasteiger partial charge in [-0.1, -0.05) is 24.3 Å². The van der Waals surface area contributed by atoms with Crippen molar-refractivity contribution in [1.29, 1.82) is 0 Å². The second kappa shape index (κ2) is 9.31. The highest BCUT2D eigenvalue weighted by atomic mass is 32.2. The van der Waals surface area contributed by atoms with Crippen LogP contribution >= 0.6 is 0 Å². The van der Waals surface area contributed by atoms with E-state index in [1.165, 1.54) is 6.07 Å². The number of phenols is 1. The van der Waals surface area contributed by atoms with Crippen molar-refractivity contribution in [3.63, 3.8) is 0 Å². The highest BCUT2D eigenvalue weighted by Crippen LogP contribution is 2.42. The van der Waals surface area contributed by atoms with Gasteiger partial charge in [0.2, 0.25) is 0 Å². The maximum atomic E-state index is 11.7. The predicted molar refractivity (Wildman–Crippen MR) is 126 cm³/mol. The zero-order chi connectivity index (χ0) is 25.2. The Morgan fingerprint density at radius 1 is 0.600 bits per heavy atom. The van der Waals surface area contributed by atoms with Gasteiger partial charge >= 0.3 is 0 Å². The largest absolute Gasteiger partial charge is 0.504 e. The second-order valence-electron chi connectivity index (χ2n) is 7.16. The van der Waals surface area contributed by atoms with Gasteiger partial charge in [0.05, 0.1) is 22.0 Å². The molecule has 0 radical (unpaired) electrons. The van der Waals surface area contributed by atoms with Crippen LogP contribution < -0.4 is 0 Å². The van der Waals surface area contributed by atoms with Crippen LogP contribution in [0.3, 0.4) is 0 Å². The Balaban J connectivity index is 1.73. The minimum Gasteiger partial charge on any atom is -0.504 e. The van der Waals surface area contributed by atoms with Gasteiger partial charge in [0.25, 0.3) is 20.2 Å². The lowest BCUT2D eigenvalue weighted by molar-refractivity contribution is 0.445. The molecule has 0 saturated carbocycles. The lowest BCUT2D eigenvalue weighted by Gasteiger charge is -2.09. The van der Waals surface area contributed by atoms with Crippen LogP contribution in [0.1, 0.15) is 0 Å². The number of phenolic OH excluding ortho intramolecular Hbond substituents is 1. The van der Waals surface area contributed by atoms with Gasteiger partial charge < -0.3 is 5.11 Å². The lowest BCUT2D eigenvalue weighted by Crippen LogP contribution is -2.00. The number of aromatic hydroxyl groups is 1. The third kappa shape index (κ3) is 5.55. The Hall–Kier alpha value is -4.04. The number of rotatable bonds is 6. The van der Waals surface area contributed by atoms with E-state index in [4.69, 9.17) is 0 Å². The van der Waals surface area contributed by atoms with Crippen LogP contribution in [-0.2, 0) is 20.2 Å². The summed E-state index contributed by atoms with van der Waals surface area (Å²) in [5.74, 6) is -0.878. The number of benzene rings is 4.